The summed E-state index contributed by atoms with van der Waals surface area (Å²) < 4.78 is 3.64. The number of nitrogens with zero attached hydrogens (tertiary/aromatic N) is 2. The SMILES string of the molecule is CCCCCCNc1sc2cc(N=N)ccc2[n+]1CCCCCC. The molecule has 132 valence electrons. The summed E-state index contributed by atoms with van der Waals surface area (Å²) in [5.74, 6) is 0. The van der Waals surface area contributed by atoms with Gasteiger partial charge in [0.05, 0.1) is 23.5 Å². The topological polar surface area (TPSA) is 52.1 Å². The van der Waals surface area contributed by atoms with Crippen LogP contribution >= 0.6 is 11.3 Å². The first kappa shape index (κ1) is 18.8. The number of rotatable bonds is 12. The molecule has 2 N–H and O–H groups in total. The molecule has 24 heavy (non-hydrogen) atoms. The first-order chi connectivity index (χ1) is 11.8. The molecule has 0 fully saturated rings. The van der Waals surface area contributed by atoms with E-state index in [1.807, 2.05) is 12.1 Å². The standard InChI is InChI=1S/C19H30N4S/c1-3-5-7-9-13-21-19-23(14-10-8-6-4-2)17-12-11-16(22-20)15-18(17)24-19/h11-12,15,20H,3-10,13-14H2,1-2H3/p+1. The molecule has 2 aromatic rings. The molecule has 0 unspecified atom stereocenters. The zero-order chi connectivity index (χ0) is 17.2. The Morgan fingerprint density at radius 3 is 2.50 bits per heavy atom. The first-order valence-corrected chi connectivity index (χ1v) is 10.2. The highest BCUT2D eigenvalue weighted by Gasteiger charge is 2.17. The normalized spacial score (nSPS) is 11.1. The highest BCUT2D eigenvalue weighted by Crippen LogP contribution is 2.28. The summed E-state index contributed by atoms with van der Waals surface area (Å²) >= 11 is 1.79. The van der Waals surface area contributed by atoms with Gasteiger partial charge < -0.3 is 0 Å². The molecule has 0 atom stereocenters. The maximum atomic E-state index is 7.22. The van der Waals surface area contributed by atoms with Gasteiger partial charge in [0.1, 0.15) is 5.52 Å². The minimum Gasteiger partial charge on any atom is -0.265 e. The van der Waals surface area contributed by atoms with E-state index in [1.165, 1.54) is 66.7 Å². The van der Waals surface area contributed by atoms with Crippen LogP contribution in [0.4, 0.5) is 10.8 Å². The van der Waals surface area contributed by atoms with Crippen molar-refractivity contribution in [1.29, 1.82) is 5.53 Å². The number of benzene rings is 1. The number of thiazole rings is 1. The van der Waals surface area contributed by atoms with Gasteiger partial charge >= 0.3 is 5.13 Å². The average molecular weight is 348 g/mol. The summed E-state index contributed by atoms with van der Waals surface area (Å²) in [6.45, 7) is 6.60. The van der Waals surface area contributed by atoms with E-state index in [2.05, 4.69) is 34.9 Å². The van der Waals surface area contributed by atoms with Crippen molar-refractivity contribution in [2.24, 2.45) is 5.11 Å². The van der Waals surface area contributed by atoms with Gasteiger partial charge in [0.15, 0.2) is 0 Å². The molecule has 5 heteroatoms. The van der Waals surface area contributed by atoms with E-state index < -0.39 is 0 Å². The lowest BCUT2D eigenvalue weighted by Crippen LogP contribution is -2.35. The Labute approximate surface area is 149 Å². The number of fused-ring (bicyclic) bond motifs is 1. The summed E-state index contributed by atoms with van der Waals surface area (Å²) in [5.41, 5.74) is 9.22. The van der Waals surface area contributed by atoms with Crippen LogP contribution in [-0.2, 0) is 6.54 Å². The lowest BCUT2D eigenvalue weighted by molar-refractivity contribution is -0.654. The number of anilines is 1. The Balaban J connectivity index is 2.11. The van der Waals surface area contributed by atoms with Crippen molar-refractivity contribution in [3.8, 4) is 0 Å². The van der Waals surface area contributed by atoms with E-state index in [-0.39, 0.29) is 0 Å². The minimum absolute atomic E-state index is 0.733. The lowest BCUT2D eigenvalue weighted by atomic mass is 10.2. The maximum absolute atomic E-state index is 7.22. The molecule has 1 heterocycles. The van der Waals surface area contributed by atoms with Crippen LogP contribution in [0.2, 0.25) is 0 Å². The van der Waals surface area contributed by atoms with Gasteiger partial charge in [0, 0.05) is 0 Å². The molecular formula is C19H31N4S+. The Hall–Kier alpha value is -1.49. The molecule has 1 aromatic carbocycles. The Morgan fingerprint density at radius 1 is 1.04 bits per heavy atom. The van der Waals surface area contributed by atoms with E-state index in [9.17, 15) is 0 Å². The largest absolute Gasteiger partial charge is 0.334 e. The number of aryl methyl sites for hydroxylation is 1. The van der Waals surface area contributed by atoms with Crippen LogP contribution in [-0.4, -0.2) is 6.54 Å². The summed E-state index contributed by atoms with van der Waals surface area (Å²) in [6, 6.07) is 6.08. The first-order valence-electron chi connectivity index (χ1n) is 9.37. The van der Waals surface area contributed by atoms with Gasteiger partial charge in [-0.25, -0.2) is 10.1 Å². The van der Waals surface area contributed by atoms with Crippen molar-refractivity contribution in [2.45, 2.75) is 71.8 Å². The molecule has 0 saturated heterocycles. The Morgan fingerprint density at radius 2 is 1.79 bits per heavy atom. The van der Waals surface area contributed by atoms with Crippen LogP contribution in [0.25, 0.3) is 10.2 Å². The molecule has 2 rings (SSSR count). The molecule has 0 radical (unpaired) electrons. The van der Waals surface area contributed by atoms with Gasteiger partial charge in [-0.3, -0.25) is 5.32 Å². The second kappa shape index (κ2) is 10.4. The number of unbranched alkanes of at least 4 members (excludes halogenated alkanes) is 6. The third-order valence-electron chi connectivity index (χ3n) is 4.36. The zero-order valence-electron chi connectivity index (χ0n) is 15.1. The summed E-state index contributed by atoms with van der Waals surface area (Å²) in [5, 5.41) is 8.46. The number of aromatic nitrogens is 1. The van der Waals surface area contributed by atoms with Crippen molar-refractivity contribution in [3.63, 3.8) is 0 Å². The maximum Gasteiger partial charge on any atom is 0.334 e. The molecule has 0 aliphatic heterocycles. The van der Waals surface area contributed by atoms with Gasteiger partial charge in [-0.2, -0.15) is 5.11 Å². The van der Waals surface area contributed by atoms with Gasteiger partial charge in [-0.15, -0.1) is 0 Å². The number of nitrogens with one attached hydrogen (secondary N) is 2. The van der Waals surface area contributed by atoms with E-state index >= 15 is 0 Å². The van der Waals surface area contributed by atoms with Crippen LogP contribution in [0, 0.1) is 5.53 Å². The van der Waals surface area contributed by atoms with E-state index in [4.69, 9.17) is 5.53 Å². The number of hydrogen-bond donors (Lipinski definition) is 2. The van der Waals surface area contributed by atoms with Gasteiger partial charge in [0.25, 0.3) is 0 Å². The average Bonchev–Trinajstić information content (AvgIpc) is 2.95. The fraction of sp³-hybridized carbons (Fsp3) is 0.632. The van der Waals surface area contributed by atoms with Crippen molar-refractivity contribution in [1.82, 2.24) is 0 Å². The Bertz CT molecular complexity index is 636. The van der Waals surface area contributed by atoms with Crippen molar-refractivity contribution in [3.05, 3.63) is 18.2 Å². The summed E-state index contributed by atoms with van der Waals surface area (Å²) in [6.07, 6.45) is 10.2. The predicted molar refractivity (Wildman–Crippen MR) is 104 cm³/mol. The highest BCUT2D eigenvalue weighted by molar-refractivity contribution is 7.21. The monoisotopic (exact) mass is 347 g/mol. The molecular weight excluding hydrogens is 316 g/mol. The third kappa shape index (κ3) is 5.26. The van der Waals surface area contributed by atoms with Gasteiger partial charge in [-0.05, 0) is 55.2 Å². The van der Waals surface area contributed by atoms with E-state index in [0.717, 1.165) is 18.8 Å². The van der Waals surface area contributed by atoms with Crippen molar-refractivity contribution < 1.29 is 4.57 Å². The van der Waals surface area contributed by atoms with E-state index in [1.54, 1.807) is 11.3 Å². The van der Waals surface area contributed by atoms with E-state index in [0.29, 0.717) is 0 Å². The number of hydrogen-bond acceptors (Lipinski definition) is 4. The van der Waals surface area contributed by atoms with Crippen molar-refractivity contribution in [2.75, 3.05) is 11.9 Å². The molecule has 0 aliphatic carbocycles. The van der Waals surface area contributed by atoms with Crippen LogP contribution in [0.15, 0.2) is 23.3 Å². The lowest BCUT2D eigenvalue weighted by Gasteiger charge is -2.04. The zero-order valence-corrected chi connectivity index (χ0v) is 15.9. The second-order valence-electron chi connectivity index (χ2n) is 6.37. The van der Waals surface area contributed by atoms with Gasteiger partial charge in [0.2, 0.25) is 0 Å². The summed E-state index contributed by atoms with van der Waals surface area (Å²) in [7, 11) is 0. The minimum atomic E-state index is 0.733. The van der Waals surface area contributed by atoms with Crippen LogP contribution < -0.4 is 9.88 Å². The molecule has 4 nitrogen and oxygen atoms in total. The van der Waals surface area contributed by atoms with Crippen LogP contribution in [0.5, 0.6) is 0 Å². The molecule has 0 saturated carbocycles. The van der Waals surface area contributed by atoms with Gasteiger partial charge in [-0.1, -0.05) is 39.5 Å². The van der Waals surface area contributed by atoms with Crippen LogP contribution in [0.1, 0.15) is 65.2 Å². The predicted octanol–water partition coefficient (Wildman–Crippen LogP) is 6.42. The quantitative estimate of drug-likeness (QED) is 0.260. The molecule has 0 amide bonds. The third-order valence-corrected chi connectivity index (χ3v) is 5.46. The second-order valence-corrected chi connectivity index (χ2v) is 7.40. The Kier molecular flexibility index (Phi) is 8.16. The molecule has 1 aromatic heterocycles. The smallest absolute Gasteiger partial charge is 0.265 e. The van der Waals surface area contributed by atoms with Crippen LogP contribution in [0.3, 0.4) is 0 Å². The molecule has 0 spiro atoms. The molecule has 0 bridgehead atoms. The fourth-order valence-corrected chi connectivity index (χ4v) is 4.09. The molecule has 0 aliphatic rings. The highest BCUT2D eigenvalue weighted by atomic mass is 32.1. The summed E-state index contributed by atoms with van der Waals surface area (Å²) in [4.78, 5) is 0. The fourth-order valence-electron chi connectivity index (χ4n) is 2.94. The van der Waals surface area contributed by atoms with Crippen molar-refractivity contribution >= 4 is 32.4 Å².